The van der Waals surface area contributed by atoms with Gasteiger partial charge in [0, 0.05) is 13.2 Å². The number of aryl methyl sites for hydroxylation is 1. The number of nitrogens with zero attached hydrogens (tertiary/aromatic N) is 3. The van der Waals surface area contributed by atoms with E-state index in [1.54, 1.807) is 30.9 Å². The van der Waals surface area contributed by atoms with Gasteiger partial charge >= 0.3 is 0 Å². The number of rotatable bonds is 3. The highest BCUT2D eigenvalue weighted by molar-refractivity contribution is 5.13. The van der Waals surface area contributed by atoms with Crippen LogP contribution in [0.5, 0.6) is 0 Å². The molecule has 0 saturated heterocycles. The third kappa shape index (κ3) is 1.64. The van der Waals surface area contributed by atoms with Gasteiger partial charge in [0.25, 0.3) is 0 Å². The lowest BCUT2D eigenvalue weighted by Crippen LogP contribution is -2.24. The molecule has 0 amide bonds. The molecular weight excluding hydrogens is 178 g/mol. The minimum atomic E-state index is -0.787. The molecule has 0 spiro atoms. The van der Waals surface area contributed by atoms with Gasteiger partial charge < -0.3 is 5.11 Å². The number of aliphatic hydroxyl groups is 1. The topological polar surface area (TPSA) is 61.8 Å². The summed E-state index contributed by atoms with van der Waals surface area (Å²) in [6.07, 6.45) is 1.44. The molecule has 1 heterocycles. The molecule has 4 heteroatoms. The summed E-state index contributed by atoms with van der Waals surface area (Å²) < 4.78 is 1.59. The standard InChI is InChI=1S/C10H15N3O/c1-4-10(2,7-11)9(14)8-5-6-12-13(8)3/h5-6,9,14H,4H2,1-3H3. The second-order valence-electron chi connectivity index (χ2n) is 3.67. The maximum absolute atomic E-state index is 10.0. The number of hydrogen-bond acceptors (Lipinski definition) is 3. The maximum atomic E-state index is 10.0. The Balaban J connectivity index is 3.02. The number of aromatic nitrogens is 2. The highest BCUT2D eigenvalue weighted by atomic mass is 16.3. The van der Waals surface area contributed by atoms with Crippen molar-refractivity contribution in [3.63, 3.8) is 0 Å². The Morgan fingerprint density at radius 1 is 1.79 bits per heavy atom. The second-order valence-corrected chi connectivity index (χ2v) is 3.67. The molecule has 2 unspecified atom stereocenters. The van der Waals surface area contributed by atoms with Crippen molar-refractivity contribution < 1.29 is 5.11 Å². The van der Waals surface area contributed by atoms with Crippen molar-refractivity contribution in [2.24, 2.45) is 12.5 Å². The molecule has 0 bridgehead atoms. The fourth-order valence-corrected chi connectivity index (χ4v) is 1.31. The third-order valence-electron chi connectivity index (χ3n) is 2.73. The van der Waals surface area contributed by atoms with Gasteiger partial charge in [0.1, 0.15) is 6.10 Å². The molecule has 0 aromatic carbocycles. The van der Waals surface area contributed by atoms with E-state index < -0.39 is 11.5 Å². The summed E-state index contributed by atoms with van der Waals surface area (Å²) in [6, 6.07) is 3.88. The largest absolute Gasteiger partial charge is 0.385 e. The smallest absolute Gasteiger partial charge is 0.114 e. The van der Waals surface area contributed by atoms with Crippen LogP contribution in [0.3, 0.4) is 0 Å². The van der Waals surface area contributed by atoms with Crippen molar-refractivity contribution >= 4 is 0 Å². The fraction of sp³-hybridized carbons (Fsp3) is 0.600. The van der Waals surface area contributed by atoms with Crippen LogP contribution >= 0.6 is 0 Å². The number of aliphatic hydroxyl groups excluding tert-OH is 1. The molecule has 76 valence electrons. The zero-order valence-corrected chi connectivity index (χ0v) is 8.73. The van der Waals surface area contributed by atoms with Crippen LogP contribution in [0.4, 0.5) is 0 Å². The molecule has 1 aromatic heterocycles. The van der Waals surface area contributed by atoms with E-state index in [2.05, 4.69) is 11.2 Å². The summed E-state index contributed by atoms with van der Waals surface area (Å²) in [6.45, 7) is 3.65. The van der Waals surface area contributed by atoms with Crippen molar-refractivity contribution in [3.8, 4) is 6.07 Å². The van der Waals surface area contributed by atoms with Crippen LogP contribution in [0.2, 0.25) is 0 Å². The summed E-state index contributed by atoms with van der Waals surface area (Å²) in [7, 11) is 1.76. The SMILES string of the molecule is CCC(C)(C#N)C(O)c1ccnn1C. The Morgan fingerprint density at radius 2 is 2.43 bits per heavy atom. The van der Waals surface area contributed by atoms with Crippen molar-refractivity contribution in [1.29, 1.82) is 5.26 Å². The van der Waals surface area contributed by atoms with Gasteiger partial charge in [0.15, 0.2) is 0 Å². The van der Waals surface area contributed by atoms with Crippen LogP contribution in [-0.2, 0) is 7.05 Å². The van der Waals surface area contributed by atoms with Gasteiger partial charge in [-0.05, 0) is 19.4 Å². The zero-order valence-electron chi connectivity index (χ0n) is 8.73. The highest BCUT2D eigenvalue weighted by Gasteiger charge is 2.34. The Bertz CT molecular complexity index is 352. The molecule has 1 aromatic rings. The van der Waals surface area contributed by atoms with E-state index in [0.717, 1.165) is 0 Å². The summed E-state index contributed by atoms with van der Waals surface area (Å²) >= 11 is 0. The normalized spacial score (nSPS) is 17.1. The minimum Gasteiger partial charge on any atom is -0.385 e. The molecule has 0 fully saturated rings. The predicted molar refractivity (Wildman–Crippen MR) is 52.2 cm³/mol. The molecule has 2 atom stereocenters. The van der Waals surface area contributed by atoms with Gasteiger partial charge in [-0.1, -0.05) is 6.92 Å². The summed E-state index contributed by atoms with van der Waals surface area (Å²) in [4.78, 5) is 0. The van der Waals surface area contributed by atoms with Gasteiger partial charge in [-0.2, -0.15) is 10.4 Å². The first-order valence-electron chi connectivity index (χ1n) is 4.62. The quantitative estimate of drug-likeness (QED) is 0.789. The van der Waals surface area contributed by atoms with Gasteiger partial charge in [-0.3, -0.25) is 4.68 Å². The summed E-state index contributed by atoms with van der Waals surface area (Å²) in [5.74, 6) is 0. The van der Waals surface area contributed by atoms with Crippen LogP contribution < -0.4 is 0 Å². The number of nitriles is 1. The minimum absolute atomic E-state index is 0.607. The van der Waals surface area contributed by atoms with Crippen LogP contribution in [-0.4, -0.2) is 14.9 Å². The molecular formula is C10H15N3O. The van der Waals surface area contributed by atoms with Crippen molar-refractivity contribution in [2.45, 2.75) is 26.4 Å². The lowest BCUT2D eigenvalue weighted by Gasteiger charge is -2.25. The van der Waals surface area contributed by atoms with E-state index in [0.29, 0.717) is 12.1 Å². The van der Waals surface area contributed by atoms with E-state index >= 15 is 0 Å². The zero-order chi connectivity index (χ0) is 10.8. The van der Waals surface area contributed by atoms with Gasteiger partial charge in [0.2, 0.25) is 0 Å². The maximum Gasteiger partial charge on any atom is 0.114 e. The van der Waals surface area contributed by atoms with Crippen molar-refractivity contribution in [2.75, 3.05) is 0 Å². The summed E-state index contributed by atoms with van der Waals surface area (Å²) in [5, 5.41) is 23.0. The Hall–Kier alpha value is -1.34. The first-order valence-corrected chi connectivity index (χ1v) is 4.62. The molecule has 4 nitrogen and oxygen atoms in total. The third-order valence-corrected chi connectivity index (χ3v) is 2.73. The molecule has 1 rings (SSSR count). The van der Waals surface area contributed by atoms with Gasteiger partial charge in [-0.15, -0.1) is 0 Å². The van der Waals surface area contributed by atoms with Crippen molar-refractivity contribution in [1.82, 2.24) is 9.78 Å². The average Bonchev–Trinajstić information content (AvgIpc) is 2.62. The first-order chi connectivity index (χ1) is 6.55. The van der Waals surface area contributed by atoms with Crippen LogP contribution in [0.25, 0.3) is 0 Å². The average molecular weight is 193 g/mol. The van der Waals surface area contributed by atoms with E-state index in [-0.39, 0.29) is 0 Å². The Labute approximate surface area is 83.8 Å². The van der Waals surface area contributed by atoms with Crippen LogP contribution in [0.15, 0.2) is 12.3 Å². The predicted octanol–water partition coefficient (Wildman–Crippen LogP) is 1.39. The molecule has 0 aliphatic rings. The molecule has 0 aliphatic carbocycles. The van der Waals surface area contributed by atoms with E-state index in [1.165, 1.54) is 0 Å². The van der Waals surface area contributed by atoms with Gasteiger partial charge in [-0.25, -0.2) is 0 Å². The van der Waals surface area contributed by atoms with Crippen molar-refractivity contribution in [3.05, 3.63) is 18.0 Å². The van der Waals surface area contributed by atoms with E-state index in [9.17, 15) is 5.11 Å². The lowest BCUT2D eigenvalue weighted by atomic mass is 9.81. The molecule has 14 heavy (non-hydrogen) atoms. The van der Waals surface area contributed by atoms with Crippen LogP contribution in [0.1, 0.15) is 32.1 Å². The first kappa shape index (κ1) is 10.7. The summed E-state index contributed by atoms with van der Waals surface area (Å²) in [5.41, 5.74) is -0.0655. The molecule has 0 radical (unpaired) electrons. The molecule has 0 aliphatic heterocycles. The number of hydrogen-bond donors (Lipinski definition) is 1. The monoisotopic (exact) mass is 193 g/mol. The second kappa shape index (κ2) is 3.81. The molecule has 0 saturated carbocycles. The fourth-order valence-electron chi connectivity index (χ4n) is 1.31. The van der Waals surface area contributed by atoms with E-state index in [1.807, 2.05) is 6.92 Å². The Kier molecular flexibility index (Phi) is 2.92. The highest BCUT2D eigenvalue weighted by Crippen LogP contribution is 2.35. The van der Waals surface area contributed by atoms with Crippen LogP contribution in [0, 0.1) is 16.7 Å². The Morgan fingerprint density at radius 3 is 2.79 bits per heavy atom. The molecule has 1 N–H and O–H groups in total. The van der Waals surface area contributed by atoms with Gasteiger partial charge in [0.05, 0.1) is 17.2 Å². The van der Waals surface area contributed by atoms with E-state index in [4.69, 9.17) is 5.26 Å². The lowest BCUT2D eigenvalue weighted by molar-refractivity contribution is 0.0649.